The maximum Gasteiger partial charge on any atom is 0.411 e. The molecule has 3 aromatic heterocycles. The van der Waals surface area contributed by atoms with Crippen LogP contribution in [0.4, 0.5) is 14.9 Å². The number of anilines is 1. The monoisotopic (exact) mass is 1050 g/mol. The van der Waals surface area contributed by atoms with E-state index in [2.05, 4.69) is 40.3 Å². The number of aryl methyl sites for hydroxylation is 1. The van der Waals surface area contributed by atoms with Crippen LogP contribution in [0.15, 0.2) is 102 Å². The van der Waals surface area contributed by atoms with Gasteiger partial charge < -0.3 is 29.7 Å². The van der Waals surface area contributed by atoms with Gasteiger partial charge in [-0.15, -0.1) is 0 Å². The molecular weight excluding hydrogens is 984 g/mol. The number of benzene rings is 3. The van der Waals surface area contributed by atoms with Crippen molar-refractivity contribution >= 4 is 46.2 Å². The van der Waals surface area contributed by atoms with Gasteiger partial charge in [-0.05, 0) is 87.9 Å². The van der Waals surface area contributed by atoms with Gasteiger partial charge in [-0.1, -0.05) is 54.1 Å². The number of nitrogens with one attached hydrogen (secondary N) is 2. The quantitative estimate of drug-likeness (QED) is 0.135. The lowest BCUT2D eigenvalue weighted by molar-refractivity contribution is -0.134. The molecule has 402 valence electrons. The molecule has 0 saturated carbocycles. The summed E-state index contributed by atoms with van der Waals surface area (Å²) in [6.07, 6.45) is 5.75. The highest BCUT2D eigenvalue weighted by Crippen LogP contribution is 2.29. The summed E-state index contributed by atoms with van der Waals surface area (Å²) < 4.78 is 20.8. The van der Waals surface area contributed by atoms with Gasteiger partial charge in [0.1, 0.15) is 24.3 Å². The Bertz CT molecular complexity index is 3180. The van der Waals surface area contributed by atoms with Gasteiger partial charge in [0, 0.05) is 102 Å². The van der Waals surface area contributed by atoms with Crippen molar-refractivity contribution in [2.24, 2.45) is 5.92 Å². The summed E-state index contributed by atoms with van der Waals surface area (Å²) in [5.74, 6) is -1.53. The number of fused-ring (bicyclic) bond motifs is 1. The van der Waals surface area contributed by atoms with Crippen LogP contribution in [-0.4, -0.2) is 175 Å². The number of pyridine rings is 1. The van der Waals surface area contributed by atoms with Crippen molar-refractivity contribution in [3.8, 4) is 11.1 Å². The Kier molecular flexibility index (Phi) is 16.7. The van der Waals surface area contributed by atoms with Crippen molar-refractivity contribution in [1.29, 1.82) is 0 Å². The lowest BCUT2D eigenvalue weighted by Crippen LogP contribution is -2.55. The molecule has 6 aromatic rings. The number of nitrogens with zero attached hydrogens (tertiary/aromatic N) is 10. The molecule has 0 spiro atoms. The minimum absolute atomic E-state index is 0.000230. The van der Waals surface area contributed by atoms with Gasteiger partial charge in [0.25, 0.3) is 17.4 Å². The third kappa shape index (κ3) is 13.7. The third-order valence-corrected chi connectivity index (χ3v) is 14.3. The van der Waals surface area contributed by atoms with E-state index in [0.717, 1.165) is 56.7 Å². The molecule has 77 heavy (non-hydrogen) atoms. The standard InChI is InChI=1S/C57H65FN12O7/c1-38-8-7-9-41(28-38)42-31-49(62-50(71)35-70(56(76)77-57(2,3)4)34-43-14-17-59-37-61-43)52(60-32-42)55(75)68-18-15-39(16-19-68)33-65-20-22-66(23-21-65)36-51(72)67-24-26-69(27-25-67)54(74)46-29-40(12-13-47(46)58)30-48-44-10-5-6-11-45(44)53(73)64-63-48/h5-14,17,28-29,31-32,37,39H,15-16,18-27,30,33-36H2,1-4H3,(H,62,71)(H,64,73). The topological polar surface area (TPSA) is 210 Å². The van der Waals surface area contributed by atoms with E-state index in [0.29, 0.717) is 71.8 Å². The predicted octanol–water partition coefficient (Wildman–Crippen LogP) is 5.64. The molecule has 0 bridgehead atoms. The normalized spacial score (nSPS) is 15.8. The summed E-state index contributed by atoms with van der Waals surface area (Å²) >= 11 is 0. The first-order valence-corrected chi connectivity index (χ1v) is 26.2. The molecule has 19 nitrogen and oxygen atoms in total. The first kappa shape index (κ1) is 53.8. The zero-order chi connectivity index (χ0) is 54.2. The highest BCUT2D eigenvalue weighted by molar-refractivity contribution is 6.04. The predicted molar refractivity (Wildman–Crippen MR) is 287 cm³/mol. The molecule has 0 radical (unpaired) electrons. The molecule has 6 heterocycles. The van der Waals surface area contributed by atoms with Crippen molar-refractivity contribution in [3.63, 3.8) is 0 Å². The van der Waals surface area contributed by atoms with E-state index in [1.807, 2.05) is 43.3 Å². The second kappa shape index (κ2) is 23.9. The number of piperazine rings is 2. The van der Waals surface area contributed by atoms with Gasteiger partial charge in [-0.3, -0.25) is 33.8 Å². The Morgan fingerprint density at radius 3 is 2.21 bits per heavy atom. The van der Waals surface area contributed by atoms with Crippen molar-refractivity contribution in [1.82, 2.24) is 54.5 Å². The number of halogens is 1. The number of hydrogen-bond acceptors (Lipinski definition) is 13. The number of carbonyl (C=O) groups excluding carboxylic acids is 5. The molecule has 9 rings (SSSR count). The maximum atomic E-state index is 15.1. The van der Waals surface area contributed by atoms with E-state index in [1.165, 1.54) is 17.3 Å². The van der Waals surface area contributed by atoms with Crippen molar-refractivity contribution in [3.05, 3.63) is 148 Å². The highest BCUT2D eigenvalue weighted by atomic mass is 19.1. The molecule has 3 aliphatic rings. The SMILES string of the molecule is Cc1cccc(-c2cnc(C(=O)N3CCC(CN4CCN(CC(=O)N5CCN(C(=O)c6cc(Cc7n[nH]c(=O)c8ccccc78)ccc6F)CC5)CC4)CC3)c(NC(=O)CN(Cc3ccncn3)C(=O)OC(C)(C)C)c2)c1. The van der Waals surface area contributed by atoms with Gasteiger partial charge in [0.2, 0.25) is 11.8 Å². The summed E-state index contributed by atoms with van der Waals surface area (Å²) in [6, 6.07) is 22.9. The number of amides is 5. The summed E-state index contributed by atoms with van der Waals surface area (Å²) in [5, 5.41) is 10.9. The number of rotatable bonds is 14. The molecule has 20 heteroatoms. The Balaban J connectivity index is 0.743. The molecule has 0 atom stereocenters. The van der Waals surface area contributed by atoms with Gasteiger partial charge in [-0.25, -0.2) is 29.2 Å². The summed E-state index contributed by atoms with van der Waals surface area (Å²) in [6.45, 7) is 13.4. The summed E-state index contributed by atoms with van der Waals surface area (Å²) in [5.41, 5.74) is 3.64. The molecule has 3 aliphatic heterocycles. The minimum atomic E-state index is -0.812. The fourth-order valence-corrected chi connectivity index (χ4v) is 10.1. The van der Waals surface area contributed by atoms with E-state index in [9.17, 15) is 28.8 Å². The largest absolute Gasteiger partial charge is 0.444 e. The minimum Gasteiger partial charge on any atom is -0.444 e. The van der Waals surface area contributed by atoms with Gasteiger partial charge >= 0.3 is 6.09 Å². The second-order valence-corrected chi connectivity index (χ2v) is 21.1. The van der Waals surface area contributed by atoms with E-state index in [1.54, 1.807) is 84.3 Å². The number of aromatic amines is 1. The Hall–Kier alpha value is -7.97. The summed E-state index contributed by atoms with van der Waals surface area (Å²) in [4.78, 5) is 105. The Morgan fingerprint density at radius 2 is 1.49 bits per heavy atom. The van der Waals surface area contributed by atoms with Gasteiger partial charge in [0.15, 0.2) is 5.69 Å². The zero-order valence-electron chi connectivity index (χ0n) is 44.0. The highest BCUT2D eigenvalue weighted by Gasteiger charge is 2.32. The van der Waals surface area contributed by atoms with E-state index in [-0.39, 0.29) is 67.0 Å². The van der Waals surface area contributed by atoms with Crippen LogP contribution < -0.4 is 10.9 Å². The van der Waals surface area contributed by atoms with Crippen LogP contribution in [0.5, 0.6) is 0 Å². The van der Waals surface area contributed by atoms with E-state index >= 15 is 4.39 Å². The van der Waals surface area contributed by atoms with Gasteiger partial charge in [-0.2, -0.15) is 5.10 Å². The average molecular weight is 1050 g/mol. The molecule has 3 fully saturated rings. The molecule has 0 unspecified atom stereocenters. The smallest absolute Gasteiger partial charge is 0.411 e. The van der Waals surface area contributed by atoms with Crippen LogP contribution in [0.3, 0.4) is 0 Å². The molecule has 5 amide bonds. The first-order chi connectivity index (χ1) is 37.0. The number of piperidine rings is 1. The van der Waals surface area contributed by atoms with Crippen LogP contribution in [0.2, 0.25) is 0 Å². The number of ether oxygens (including phenoxy) is 1. The fourth-order valence-electron chi connectivity index (χ4n) is 10.1. The number of likely N-dealkylation sites (tertiary alicyclic amines) is 1. The van der Waals surface area contributed by atoms with E-state index < -0.39 is 29.3 Å². The van der Waals surface area contributed by atoms with E-state index in [4.69, 9.17) is 4.74 Å². The second-order valence-electron chi connectivity index (χ2n) is 21.1. The Labute approximate surface area is 446 Å². The number of aromatic nitrogens is 5. The van der Waals surface area contributed by atoms with Crippen LogP contribution in [0, 0.1) is 18.7 Å². The zero-order valence-corrected chi connectivity index (χ0v) is 44.0. The number of carbonyl (C=O) groups is 5. The number of hydrogen-bond donors (Lipinski definition) is 2. The molecule has 0 aliphatic carbocycles. The van der Waals surface area contributed by atoms with Crippen LogP contribution >= 0.6 is 0 Å². The molecule has 3 aromatic carbocycles. The van der Waals surface area contributed by atoms with Crippen LogP contribution in [0.25, 0.3) is 21.9 Å². The van der Waals surface area contributed by atoms with Crippen molar-refractivity contribution in [2.45, 2.75) is 59.1 Å². The first-order valence-electron chi connectivity index (χ1n) is 26.2. The molecular formula is C57H65FN12O7. The third-order valence-electron chi connectivity index (χ3n) is 14.3. The van der Waals surface area contributed by atoms with Crippen molar-refractivity contribution < 1.29 is 33.1 Å². The lowest BCUT2D eigenvalue weighted by atomic mass is 9.95. The number of H-pyrrole nitrogens is 1. The summed E-state index contributed by atoms with van der Waals surface area (Å²) in [7, 11) is 0. The Morgan fingerprint density at radius 1 is 0.779 bits per heavy atom. The van der Waals surface area contributed by atoms with Crippen LogP contribution in [-0.2, 0) is 27.3 Å². The lowest BCUT2D eigenvalue weighted by Gasteiger charge is -2.40. The average Bonchev–Trinajstić information content (AvgIpc) is 3.42. The molecule has 2 N–H and O–H groups in total. The van der Waals surface area contributed by atoms with Crippen molar-refractivity contribution in [2.75, 3.05) is 90.4 Å². The van der Waals surface area contributed by atoms with Gasteiger partial charge in [0.05, 0.1) is 41.1 Å². The molecule has 3 saturated heterocycles. The maximum absolute atomic E-state index is 15.1. The fraction of sp³-hybridized carbons (Fsp3) is 0.404. The van der Waals surface area contributed by atoms with Crippen LogP contribution in [0.1, 0.15) is 77.0 Å².